The van der Waals surface area contributed by atoms with Crippen molar-refractivity contribution in [2.24, 2.45) is 5.73 Å². The largest absolute Gasteiger partial charge is 0.360 e. The van der Waals surface area contributed by atoms with Crippen molar-refractivity contribution in [3.8, 4) is 0 Å². The van der Waals surface area contributed by atoms with Crippen LogP contribution in [-0.2, 0) is 0 Å². The number of benzene rings is 1. The molecule has 5 nitrogen and oxygen atoms in total. The lowest BCUT2D eigenvalue weighted by Crippen LogP contribution is -2.12. The Morgan fingerprint density at radius 2 is 2.10 bits per heavy atom. The van der Waals surface area contributed by atoms with Gasteiger partial charge in [-0.15, -0.1) is 24.8 Å². The van der Waals surface area contributed by atoms with Gasteiger partial charge in [0.05, 0.1) is 0 Å². The zero-order chi connectivity index (χ0) is 13.4. The molecule has 1 aliphatic carbocycles. The Kier molecular flexibility index (Phi) is 5.78. The summed E-state index contributed by atoms with van der Waals surface area (Å²) in [6, 6.07) is 9.46. The van der Waals surface area contributed by atoms with E-state index >= 15 is 0 Å². The van der Waals surface area contributed by atoms with E-state index in [0.29, 0.717) is 23.1 Å². The van der Waals surface area contributed by atoms with Gasteiger partial charge in [-0.05, 0) is 31.0 Å². The lowest BCUT2D eigenvalue weighted by atomic mass is 10.1. The molecule has 3 N–H and O–H groups in total. The number of hydrogen-bond donors (Lipinski definition) is 2. The van der Waals surface area contributed by atoms with Crippen LogP contribution >= 0.6 is 24.8 Å². The number of anilines is 1. The number of halogens is 2. The number of hydrogen-bond acceptors (Lipinski definition) is 4. The van der Waals surface area contributed by atoms with E-state index in [-0.39, 0.29) is 36.8 Å². The zero-order valence-corrected chi connectivity index (χ0v) is 13.0. The molecule has 0 aliphatic heterocycles. The second-order valence-corrected chi connectivity index (χ2v) is 4.91. The first-order valence-electron chi connectivity index (χ1n) is 6.23. The third-order valence-corrected chi connectivity index (χ3v) is 3.29. The van der Waals surface area contributed by atoms with Gasteiger partial charge in [-0.25, -0.2) is 0 Å². The fourth-order valence-electron chi connectivity index (χ4n) is 2.12. The Morgan fingerprint density at radius 3 is 2.67 bits per heavy atom. The zero-order valence-electron chi connectivity index (χ0n) is 11.4. The Bertz CT molecular complexity index is 630. The molecule has 1 saturated carbocycles. The molecule has 0 saturated heterocycles. The van der Waals surface area contributed by atoms with Crippen LogP contribution in [0.5, 0.6) is 0 Å². The topological polar surface area (TPSA) is 81.2 Å². The van der Waals surface area contributed by atoms with E-state index in [9.17, 15) is 4.79 Å². The van der Waals surface area contributed by atoms with Gasteiger partial charge in [0.15, 0.2) is 5.82 Å². The predicted octanol–water partition coefficient (Wildman–Crippen LogP) is 2.89. The van der Waals surface area contributed by atoms with E-state index in [1.165, 1.54) is 0 Å². The molecular formula is C14H17Cl2N3O2. The molecule has 0 radical (unpaired) electrons. The average Bonchev–Trinajstić information content (AvgIpc) is 3.00. The summed E-state index contributed by atoms with van der Waals surface area (Å²) in [5.41, 5.74) is 7.56. The summed E-state index contributed by atoms with van der Waals surface area (Å²) in [7, 11) is 0. The fourth-order valence-corrected chi connectivity index (χ4v) is 2.12. The lowest BCUT2D eigenvalue weighted by molar-refractivity contribution is 0.102. The van der Waals surface area contributed by atoms with Gasteiger partial charge in [-0.3, -0.25) is 4.79 Å². The highest BCUT2D eigenvalue weighted by Crippen LogP contribution is 2.39. The number of carbonyl (C=O) groups excluding carboxylic acids is 1. The Morgan fingerprint density at radius 1 is 1.38 bits per heavy atom. The van der Waals surface area contributed by atoms with Crippen molar-refractivity contribution in [1.29, 1.82) is 0 Å². The van der Waals surface area contributed by atoms with Crippen LogP contribution in [0.4, 0.5) is 5.82 Å². The summed E-state index contributed by atoms with van der Waals surface area (Å²) < 4.78 is 4.91. The summed E-state index contributed by atoms with van der Waals surface area (Å²) in [5.74, 6) is 1.29. The van der Waals surface area contributed by atoms with Gasteiger partial charge >= 0.3 is 0 Å². The molecule has 1 heterocycles. The molecule has 0 bridgehead atoms. The smallest absolute Gasteiger partial charge is 0.256 e. The monoisotopic (exact) mass is 329 g/mol. The van der Waals surface area contributed by atoms with Gasteiger partial charge in [-0.1, -0.05) is 17.3 Å². The van der Waals surface area contributed by atoms with E-state index in [1.807, 2.05) is 18.2 Å². The molecule has 2 aromatic rings. The Labute approximate surface area is 135 Å². The average molecular weight is 330 g/mol. The second-order valence-electron chi connectivity index (χ2n) is 4.91. The molecule has 2 unspecified atom stereocenters. The van der Waals surface area contributed by atoms with Crippen LogP contribution in [0.25, 0.3) is 0 Å². The highest BCUT2D eigenvalue weighted by Gasteiger charge is 2.34. The Balaban J connectivity index is 0.00000110. The first-order chi connectivity index (χ1) is 9.13. The summed E-state index contributed by atoms with van der Waals surface area (Å²) in [4.78, 5) is 12.1. The highest BCUT2D eigenvalue weighted by molar-refractivity contribution is 6.03. The van der Waals surface area contributed by atoms with E-state index in [0.717, 1.165) is 12.0 Å². The van der Waals surface area contributed by atoms with Crippen molar-refractivity contribution in [3.63, 3.8) is 0 Å². The summed E-state index contributed by atoms with van der Waals surface area (Å²) in [6.45, 7) is 1.78. The molecule has 2 atom stereocenters. The number of nitrogens with zero attached hydrogens (tertiary/aromatic N) is 1. The van der Waals surface area contributed by atoms with E-state index in [4.69, 9.17) is 10.3 Å². The SMILES string of the molecule is Cc1cc(NC(=O)c2cccc(C3CC3N)c2)no1.Cl.Cl. The molecule has 21 heavy (non-hydrogen) atoms. The van der Waals surface area contributed by atoms with Gasteiger partial charge in [0.2, 0.25) is 0 Å². The number of aryl methyl sites for hydroxylation is 1. The molecule has 1 aromatic carbocycles. The maximum atomic E-state index is 12.1. The summed E-state index contributed by atoms with van der Waals surface area (Å²) in [5, 5.41) is 6.44. The lowest BCUT2D eigenvalue weighted by Gasteiger charge is -2.04. The van der Waals surface area contributed by atoms with Crippen LogP contribution in [0.1, 0.15) is 34.0 Å². The van der Waals surface area contributed by atoms with Gasteiger partial charge in [0, 0.05) is 23.6 Å². The minimum absolute atomic E-state index is 0. The number of carbonyl (C=O) groups is 1. The van der Waals surface area contributed by atoms with Crippen molar-refractivity contribution in [1.82, 2.24) is 5.16 Å². The third-order valence-electron chi connectivity index (χ3n) is 3.29. The minimum atomic E-state index is -0.190. The molecule has 7 heteroatoms. The molecule has 3 rings (SSSR count). The van der Waals surface area contributed by atoms with Crippen molar-refractivity contribution in [3.05, 3.63) is 47.2 Å². The van der Waals surface area contributed by atoms with Crippen molar-refractivity contribution in [2.75, 3.05) is 5.32 Å². The van der Waals surface area contributed by atoms with Crippen LogP contribution in [0, 0.1) is 6.92 Å². The second kappa shape index (κ2) is 6.93. The van der Waals surface area contributed by atoms with E-state index in [1.54, 1.807) is 19.1 Å². The molecule has 114 valence electrons. The van der Waals surface area contributed by atoms with Crippen molar-refractivity contribution >= 4 is 36.5 Å². The number of aromatic nitrogens is 1. The molecular weight excluding hydrogens is 313 g/mol. The number of nitrogens with two attached hydrogens (primary N) is 1. The van der Waals surface area contributed by atoms with Gasteiger partial charge in [-0.2, -0.15) is 0 Å². The van der Waals surface area contributed by atoms with E-state index < -0.39 is 0 Å². The normalized spacial score (nSPS) is 19.1. The van der Waals surface area contributed by atoms with Crippen LogP contribution in [0.3, 0.4) is 0 Å². The molecule has 1 aliphatic rings. The number of rotatable bonds is 3. The van der Waals surface area contributed by atoms with Crippen LogP contribution in [0.15, 0.2) is 34.9 Å². The maximum Gasteiger partial charge on any atom is 0.256 e. The van der Waals surface area contributed by atoms with Gasteiger partial charge in [0.25, 0.3) is 5.91 Å². The van der Waals surface area contributed by atoms with Crippen LogP contribution < -0.4 is 11.1 Å². The fraction of sp³-hybridized carbons (Fsp3) is 0.286. The highest BCUT2D eigenvalue weighted by atomic mass is 35.5. The predicted molar refractivity (Wildman–Crippen MR) is 85.5 cm³/mol. The van der Waals surface area contributed by atoms with E-state index in [2.05, 4.69) is 10.5 Å². The number of nitrogens with one attached hydrogen (secondary N) is 1. The van der Waals surface area contributed by atoms with Crippen molar-refractivity contribution < 1.29 is 9.32 Å². The minimum Gasteiger partial charge on any atom is -0.360 e. The quantitative estimate of drug-likeness (QED) is 0.907. The summed E-state index contributed by atoms with van der Waals surface area (Å²) in [6.07, 6.45) is 0.994. The maximum absolute atomic E-state index is 12.1. The van der Waals surface area contributed by atoms with Gasteiger partial charge < -0.3 is 15.6 Å². The molecule has 1 aromatic heterocycles. The number of amides is 1. The first-order valence-corrected chi connectivity index (χ1v) is 6.23. The molecule has 1 amide bonds. The standard InChI is InChI=1S/C14H15N3O2.2ClH/c1-8-5-13(17-19-8)16-14(18)10-4-2-3-9(6-10)11-7-12(11)15;;/h2-6,11-12H,7,15H2,1H3,(H,16,17,18);2*1H. The van der Waals surface area contributed by atoms with Crippen molar-refractivity contribution in [2.45, 2.75) is 25.3 Å². The molecule has 1 fully saturated rings. The molecule has 0 spiro atoms. The first kappa shape index (κ1) is 17.5. The van der Waals surface area contributed by atoms with Crippen LogP contribution in [0.2, 0.25) is 0 Å². The van der Waals surface area contributed by atoms with Crippen LogP contribution in [-0.4, -0.2) is 17.1 Å². The summed E-state index contributed by atoms with van der Waals surface area (Å²) >= 11 is 0. The van der Waals surface area contributed by atoms with Gasteiger partial charge in [0.1, 0.15) is 5.76 Å². The third kappa shape index (κ3) is 3.97. The Hall–Kier alpha value is -1.56.